The Hall–Kier alpha value is -2.53. The Morgan fingerprint density at radius 2 is 2.07 bits per heavy atom. The van der Waals surface area contributed by atoms with Crippen LogP contribution in [0.25, 0.3) is 0 Å². The van der Waals surface area contributed by atoms with E-state index in [1.807, 2.05) is 6.92 Å². The number of benzene rings is 2. The molecule has 1 saturated heterocycles. The number of nitrogens with one attached hydrogen (secondary N) is 1. The van der Waals surface area contributed by atoms with Gasteiger partial charge < -0.3 is 19.9 Å². The molecule has 3 rings (SSSR count). The molecule has 1 aliphatic heterocycles. The Labute approximate surface area is 166 Å². The van der Waals surface area contributed by atoms with Crippen molar-refractivity contribution < 1.29 is 19.4 Å². The molecule has 1 heterocycles. The van der Waals surface area contributed by atoms with Crippen molar-refractivity contribution in [3.63, 3.8) is 0 Å². The van der Waals surface area contributed by atoms with E-state index >= 15 is 0 Å². The molecule has 1 atom stereocenters. The zero-order valence-electron chi connectivity index (χ0n) is 16.7. The third-order valence-electron chi connectivity index (χ3n) is 5.04. The largest absolute Gasteiger partial charge is 0.508 e. The molecule has 0 bridgehead atoms. The van der Waals surface area contributed by atoms with Crippen molar-refractivity contribution in [3.8, 4) is 17.2 Å². The van der Waals surface area contributed by atoms with Crippen LogP contribution in [0.2, 0.25) is 0 Å². The summed E-state index contributed by atoms with van der Waals surface area (Å²) in [4.78, 5) is 12.1. The van der Waals surface area contributed by atoms with E-state index < -0.39 is 0 Å². The zero-order valence-corrected chi connectivity index (χ0v) is 16.7. The lowest BCUT2D eigenvalue weighted by molar-refractivity contribution is -0.121. The van der Waals surface area contributed by atoms with Gasteiger partial charge in [-0.05, 0) is 73.6 Å². The summed E-state index contributed by atoms with van der Waals surface area (Å²) in [6.07, 6.45) is 4.29. The fourth-order valence-electron chi connectivity index (χ4n) is 3.49. The molecule has 150 valence electrons. The maximum atomic E-state index is 12.1. The van der Waals surface area contributed by atoms with Gasteiger partial charge in [-0.3, -0.25) is 4.79 Å². The summed E-state index contributed by atoms with van der Waals surface area (Å²) < 4.78 is 11.6. The highest BCUT2D eigenvalue weighted by molar-refractivity contribution is 5.76. The first-order valence-electron chi connectivity index (χ1n) is 10.0. The number of aromatic hydroxyl groups is 1. The van der Waals surface area contributed by atoms with Crippen molar-refractivity contribution in [3.05, 3.63) is 53.1 Å². The quantitative estimate of drug-likeness (QED) is 0.714. The van der Waals surface area contributed by atoms with Crippen LogP contribution in [0.3, 0.4) is 0 Å². The van der Waals surface area contributed by atoms with Gasteiger partial charge in [-0.2, -0.15) is 0 Å². The van der Waals surface area contributed by atoms with Crippen molar-refractivity contribution >= 4 is 5.91 Å². The fraction of sp³-hybridized carbons (Fsp3) is 0.435. The lowest BCUT2D eigenvalue weighted by Crippen LogP contribution is -2.31. The molecule has 28 heavy (non-hydrogen) atoms. The van der Waals surface area contributed by atoms with E-state index in [1.54, 1.807) is 24.3 Å². The minimum atomic E-state index is 0.0654. The van der Waals surface area contributed by atoms with Crippen LogP contribution in [0.15, 0.2) is 36.4 Å². The third-order valence-corrected chi connectivity index (χ3v) is 5.04. The highest BCUT2D eigenvalue weighted by Crippen LogP contribution is 2.32. The summed E-state index contributed by atoms with van der Waals surface area (Å²) in [5, 5.41) is 12.4. The highest BCUT2D eigenvalue weighted by atomic mass is 16.5. The van der Waals surface area contributed by atoms with E-state index in [0.717, 1.165) is 48.3 Å². The molecule has 0 spiro atoms. The van der Waals surface area contributed by atoms with Crippen LogP contribution in [0, 0.1) is 6.92 Å². The van der Waals surface area contributed by atoms with Gasteiger partial charge in [-0.1, -0.05) is 19.1 Å². The normalized spacial score (nSPS) is 16.1. The van der Waals surface area contributed by atoms with Crippen molar-refractivity contribution in [1.29, 1.82) is 0 Å². The predicted octanol–water partition coefficient (Wildman–Crippen LogP) is 4.28. The molecule has 1 amide bonds. The third kappa shape index (κ3) is 5.49. The molecule has 5 heteroatoms. The summed E-state index contributed by atoms with van der Waals surface area (Å²) in [6, 6.07) is 10.9. The second-order valence-corrected chi connectivity index (χ2v) is 7.29. The van der Waals surface area contributed by atoms with Gasteiger partial charge in [0, 0.05) is 19.6 Å². The molecule has 2 aromatic carbocycles. The van der Waals surface area contributed by atoms with Gasteiger partial charge in [0.15, 0.2) is 0 Å². The topological polar surface area (TPSA) is 67.8 Å². The van der Waals surface area contributed by atoms with Gasteiger partial charge in [0.05, 0.1) is 6.10 Å². The smallest absolute Gasteiger partial charge is 0.220 e. The lowest BCUT2D eigenvalue weighted by atomic mass is 10.00. The number of ether oxygens (including phenoxy) is 2. The maximum Gasteiger partial charge on any atom is 0.220 e. The molecule has 0 saturated carbocycles. The van der Waals surface area contributed by atoms with E-state index in [2.05, 4.69) is 24.4 Å². The summed E-state index contributed by atoms with van der Waals surface area (Å²) in [6.45, 7) is 5.53. The number of carbonyl (C=O) groups excluding carboxylic acids is 1. The average Bonchev–Trinajstić information content (AvgIpc) is 3.21. The van der Waals surface area contributed by atoms with E-state index in [4.69, 9.17) is 9.47 Å². The molecule has 2 N–H and O–H groups in total. The lowest BCUT2D eigenvalue weighted by Gasteiger charge is -2.16. The maximum absolute atomic E-state index is 12.1. The van der Waals surface area contributed by atoms with E-state index in [1.165, 1.54) is 0 Å². The SMILES string of the molecule is CCc1cc(CCC(=O)NCC2CCCO2)cc(C)c1Oc1ccc(O)cc1. The fourth-order valence-corrected chi connectivity index (χ4v) is 3.49. The van der Waals surface area contributed by atoms with E-state index in [0.29, 0.717) is 25.1 Å². The van der Waals surface area contributed by atoms with Crippen LogP contribution >= 0.6 is 0 Å². The van der Waals surface area contributed by atoms with Crippen LogP contribution in [0.4, 0.5) is 0 Å². The second kappa shape index (κ2) is 9.60. The molecule has 0 aliphatic carbocycles. The number of carbonyl (C=O) groups is 1. The number of phenolic OH excluding ortho intramolecular Hbond substituents is 1. The van der Waals surface area contributed by atoms with Gasteiger partial charge in [-0.25, -0.2) is 0 Å². The standard InChI is InChI=1S/C23H29NO4/c1-3-18-14-17(6-11-22(26)24-15-21-5-4-12-27-21)13-16(2)23(18)28-20-9-7-19(25)8-10-20/h7-10,13-14,21,25H,3-6,11-12,15H2,1-2H3,(H,24,26). The first kappa shape index (κ1) is 20.2. The van der Waals surface area contributed by atoms with Gasteiger partial charge in [0.25, 0.3) is 0 Å². The summed E-state index contributed by atoms with van der Waals surface area (Å²) in [7, 11) is 0. The number of hydrogen-bond donors (Lipinski definition) is 2. The van der Waals surface area contributed by atoms with Crippen LogP contribution in [0.5, 0.6) is 17.2 Å². The molecule has 0 aromatic heterocycles. The molecule has 2 aromatic rings. The highest BCUT2D eigenvalue weighted by Gasteiger charge is 2.16. The summed E-state index contributed by atoms with van der Waals surface area (Å²) in [5.74, 6) is 1.82. The predicted molar refractivity (Wildman–Crippen MR) is 109 cm³/mol. The van der Waals surface area contributed by atoms with Crippen LogP contribution in [0.1, 0.15) is 42.9 Å². The molecular weight excluding hydrogens is 354 g/mol. The number of aryl methyl sites for hydroxylation is 3. The minimum Gasteiger partial charge on any atom is -0.508 e. The molecule has 1 unspecified atom stereocenters. The number of rotatable bonds is 8. The van der Waals surface area contributed by atoms with Gasteiger partial charge in [0.1, 0.15) is 17.2 Å². The molecule has 1 aliphatic rings. The molecule has 5 nitrogen and oxygen atoms in total. The Morgan fingerprint density at radius 3 is 2.75 bits per heavy atom. The number of amides is 1. The average molecular weight is 383 g/mol. The Kier molecular flexibility index (Phi) is 6.93. The Balaban J connectivity index is 1.60. The zero-order chi connectivity index (χ0) is 19.9. The van der Waals surface area contributed by atoms with Crippen molar-refractivity contribution in [1.82, 2.24) is 5.32 Å². The van der Waals surface area contributed by atoms with Crippen LogP contribution in [-0.4, -0.2) is 30.3 Å². The summed E-state index contributed by atoms with van der Waals surface area (Å²) >= 11 is 0. The molecular formula is C23H29NO4. The van der Waals surface area contributed by atoms with Crippen LogP contribution < -0.4 is 10.1 Å². The Morgan fingerprint density at radius 1 is 1.29 bits per heavy atom. The summed E-state index contributed by atoms with van der Waals surface area (Å²) in [5.41, 5.74) is 3.30. The van der Waals surface area contributed by atoms with Crippen molar-refractivity contribution in [2.75, 3.05) is 13.2 Å². The number of phenols is 1. The second-order valence-electron chi connectivity index (χ2n) is 7.29. The number of hydrogen-bond acceptors (Lipinski definition) is 4. The Bertz CT molecular complexity index is 795. The first-order valence-corrected chi connectivity index (χ1v) is 10.0. The molecule has 0 radical (unpaired) electrons. The minimum absolute atomic E-state index is 0.0654. The van der Waals surface area contributed by atoms with Gasteiger partial charge in [0.2, 0.25) is 5.91 Å². The van der Waals surface area contributed by atoms with E-state index in [9.17, 15) is 9.90 Å². The van der Waals surface area contributed by atoms with Crippen molar-refractivity contribution in [2.24, 2.45) is 0 Å². The van der Waals surface area contributed by atoms with E-state index in [-0.39, 0.29) is 17.8 Å². The van der Waals surface area contributed by atoms with Gasteiger partial charge >= 0.3 is 0 Å². The van der Waals surface area contributed by atoms with Crippen molar-refractivity contribution in [2.45, 2.75) is 52.1 Å². The van der Waals surface area contributed by atoms with Crippen LogP contribution in [-0.2, 0) is 22.4 Å². The first-order chi connectivity index (χ1) is 13.5. The van der Waals surface area contributed by atoms with Gasteiger partial charge in [-0.15, -0.1) is 0 Å². The molecule has 1 fully saturated rings. The monoisotopic (exact) mass is 383 g/mol.